The van der Waals surface area contributed by atoms with Crippen molar-refractivity contribution in [2.24, 2.45) is 5.92 Å². The molecule has 2 heterocycles. The number of halogens is 3. The molecule has 2 aliphatic rings. The predicted molar refractivity (Wildman–Crippen MR) is 126 cm³/mol. The quantitative estimate of drug-likeness (QED) is 0.552. The van der Waals surface area contributed by atoms with E-state index in [2.05, 4.69) is 34.4 Å². The van der Waals surface area contributed by atoms with Crippen molar-refractivity contribution in [1.82, 2.24) is 15.6 Å². The minimum absolute atomic E-state index is 0.0129. The van der Waals surface area contributed by atoms with Gasteiger partial charge in [-0.25, -0.2) is 4.98 Å². The zero-order valence-corrected chi connectivity index (χ0v) is 18.7. The number of allylic oxidation sites excluding steroid dienone is 1. The van der Waals surface area contributed by atoms with E-state index >= 15 is 0 Å². The molecular weight excluding hydrogens is 429 g/mol. The maximum atomic E-state index is 13.6. The number of piperidine rings is 1. The summed E-state index contributed by atoms with van der Waals surface area (Å²) < 4.78 is 40.7. The average molecular weight is 459 g/mol. The smallest absolute Gasteiger partial charge is 0.379 e. The van der Waals surface area contributed by atoms with Gasteiger partial charge >= 0.3 is 6.18 Å². The number of carbonyl (C=O) groups excluding carboxylic acids is 1. The zero-order valence-electron chi connectivity index (χ0n) is 18.7. The van der Waals surface area contributed by atoms with Crippen molar-refractivity contribution < 1.29 is 18.0 Å². The van der Waals surface area contributed by atoms with Crippen LogP contribution >= 0.6 is 0 Å². The van der Waals surface area contributed by atoms with Gasteiger partial charge in [-0.2, -0.15) is 13.2 Å². The van der Waals surface area contributed by atoms with Crippen LogP contribution in [0.1, 0.15) is 44.0 Å². The molecular formula is C25H29F3N4O. The molecule has 1 saturated carbocycles. The number of carbonyl (C=O) groups is 1. The lowest BCUT2D eigenvalue weighted by atomic mass is 9.89. The maximum absolute atomic E-state index is 13.6. The van der Waals surface area contributed by atoms with Crippen LogP contribution in [0.25, 0.3) is 22.4 Å². The fraction of sp³-hybridized carbons (Fsp3) is 0.440. The van der Waals surface area contributed by atoms with Gasteiger partial charge in [-0.05, 0) is 63.9 Å². The second-order valence-corrected chi connectivity index (χ2v) is 9.13. The van der Waals surface area contributed by atoms with Crippen molar-refractivity contribution in [2.75, 3.05) is 25.0 Å². The summed E-state index contributed by atoms with van der Waals surface area (Å²) in [5, 5.41) is 10.8. The summed E-state index contributed by atoms with van der Waals surface area (Å²) >= 11 is 0. The molecule has 0 unspecified atom stereocenters. The van der Waals surface area contributed by atoms with Crippen molar-refractivity contribution in [2.45, 2.75) is 44.3 Å². The SMILES string of the molecule is C=C(c1nc(/C=C/CNC(=O)C2CC2)cc2c(NC3(C)CCNCC3)cccc12)C(F)(F)F. The summed E-state index contributed by atoms with van der Waals surface area (Å²) in [7, 11) is 0. The highest BCUT2D eigenvalue weighted by Crippen LogP contribution is 2.38. The van der Waals surface area contributed by atoms with Crippen LogP contribution in [0.2, 0.25) is 0 Å². The van der Waals surface area contributed by atoms with Crippen LogP contribution in [-0.4, -0.2) is 42.2 Å². The second-order valence-electron chi connectivity index (χ2n) is 9.13. The second kappa shape index (κ2) is 9.17. The van der Waals surface area contributed by atoms with E-state index in [1.165, 1.54) is 0 Å². The number of fused-ring (bicyclic) bond motifs is 1. The zero-order chi connectivity index (χ0) is 23.6. The molecule has 4 rings (SSSR count). The summed E-state index contributed by atoms with van der Waals surface area (Å²) in [5.74, 6) is 0.114. The third kappa shape index (κ3) is 5.55. The van der Waals surface area contributed by atoms with Crippen LogP contribution in [-0.2, 0) is 4.79 Å². The molecule has 1 aromatic carbocycles. The lowest BCUT2D eigenvalue weighted by molar-refractivity contribution is -0.122. The van der Waals surface area contributed by atoms with Crippen LogP contribution in [0.15, 0.2) is 36.9 Å². The topological polar surface area (TPSA) is 66.0 Å². The highest BCUT2D eigenvalue weighted by Gasteiger charge is 2.35. The van der Waals surface area contributed by atoms with Crippen molar-refractivity contribution in [3.8, 4) is 0 Å². The van der Waals surface area contributed by atoms with Gasteiger partial charge in [-0.15, -0.1) is 0 Å². The summed E-state index contributed by atoms with van der Waals surface area (Å²) in [4.78, 5) is 16.1. The molecule has 176 valence electrons. The summed E-state index contributed by atoms with van der Waals surface area (Å²) in [6.45, 7) is 7.49. The normalized spacial score (nSPS) is 18.4. The number of nitrogens with one attached hydrogen (secondary N) is 3. The molecule has 1 aromatic heterocycles. The number of hydrogen-bond donors (Lipinski definition) is 3. The van der Waals surface area contributed by atoms with Gasteiger partial charge in [0.25, 0.3) is 0 Å². The van der Waals surface area contributed by atoms with Crippen molar-refractivity contribution >= 4 is 34.0 Å². The van der Waals surface area contributed by atoms with Gasteiger partial charge in [-0.3, -0.25) is 4.79 Å². The third-order valence-electron chi connectivity index (χ3n) is 6.30. The van der Waals surface area contributed by atoms with E-state index in [1.807, 2.05) is 6.07 Å². The lowest BCUT2D eigenvalue weighted by Gasteiger charge is -2.36. The Balaban J connectivity index is 1.69. The molecule has 8 heteroatoms. The highest BCUT2D eigenvalue weighted by molar-refractivity contribution is 6.01. The molecule has 1 aliphatic heterocycles. The number of aromatic nitrogens is 1. The van der Waals surface area contributed by atoms with E-state index < -0.39 is 11.7 Å². The maximum Gasteiger partial charge on any atom is 0.417 e. The van der Waals surface area contributed by atoms with Crippen LogP contribution in [0.4, 0.5) is 18.9 Å². The van der Waals surface area contributed by atoms with Gasteiger partial charge in [0.05, 0.1) is 17.0 Å². The van der Waals surface area contributed by atoms with Crippen LogP contribution in [0.3, 0.4) is 0 Å². The van der Waals surface area contributed by atoms with Gasteiger partial charge in [0.1, 0.15) is 0 Å². The minimum atomic E-state index is -4.59. The minimum Gasteiger partial charge on any atom is -0.379 e. The summed E-state index contributed by atoms with van der Waals surface area (Å²) in [5.41, 5.74) is -0.163. The first-order valence-electron chi connectivity index (χ1n) is 11.3. The Morgan fingerprint density at radius 1 is 1.27 bits per heavy atom. The summed E-state index contributed by atoms with van der Waals surface area (Å²) in [6.07, 6.45) is 2.39. The summed E-state index contributed by atoms with van der Waals surface area (Å²) in [6, 6.07) is 7.06. The average Bonchev–Trinajstić information content (AvgIpc) is 3.61. The van der Waals surface area contributed by atoms with Crippen LogP contribution < -0.4 is 16.0 Å². The van der Waals surface area contributed by atoms with E-state index in [0.29, 0.717) is 23.0 Å². The first-order valence-corrected chi connectivity index (χ1v) is 11.3. The number of pyridine rings is 1. The molecule has 2 fully saturated rings. The van der Waals surface area contributed by atoms with Gasteiger partial charge in [-0.1, -0.05) is 24.8 Å². The fourth-order valence-electron chi connectivity index (χ4n) is 4.11. The molecule has 5 nitrogen and oxygen atoms in total. The molecule has 1 saturated heterocycles. The number of hydrogen-bond acceptors (Lipinski definition) is 4. The Kier molecular flexibility index (Phi) is 6.47. The number of anilines is 1. The number of amides is 1. The Morgan fingerprint density at radius 2 is 2.00 bits per heavy atom. The Labute approximate surface area is 191 Å². The first kappa shape index (κ1) is 23.3. The number of rotatable bonds is 7. The predicted octanol–water partition coefficient (Wildman–Crippen LogP) is 4.90. The molecule has 2 aromatic rings. The molecule has 0 radical (unpaired) electrons. The Morgan fingerprint density at radius 3 is 2.67 bits per heavy atom. The van der Waals surface area contributed by atoms with E-state index in [-0.39, 0.29) is 23.1 Å². The van der Waals surface area contributed by atoms with E-state index in [0.717, 1.165) is 44.5 Å². The van der Waals surface area contributed by atoms with E-state index in [1.54, 1.807) is 30.4 Å². The number of nitrogens with zero attached hydrogens (tertiary/aromatic N) is 1. The fourth-order valence-corrected chi connectivity index (χ4v) is 4.11. The molecule has 0 spiro atoms. The third-order valence-corrected chi connectivity index (χ3v) is 6.30. The van der Waals surface area contributed by atoms with Crippen LogP contribution in [0.5, 0.6) is 0 Å². The van der Waals surface area contributed by atoms with Crippen molar-refractivity contribution in [3.05, 3.63) is 48.3 Å². The first-order chi connectivity index (χ1) is 15.7. The molecule has 33 heavy (non-hydrogen) atoms. The van der Waals surface area contributed by atoms with Crippen molar-refractivity contribution in [3.63, 3.8) is 0 Å². The Bertz CT molecular complexity index is 1080. The molecule has 3 N–H and O–H groups in total. The largest absolute Gasteiger partial charge is 0.417 e. The highest BCUT2D eigenvalue weighted by atomic mass is 19.4. The van der Waals surface area contributed by atoms with E-state index in [9.17, 15) is 18.0 Å². The van der Waals surface area contributed by atoms with Crippen molar-refractivity contribution in [1.29, 1.82) is 0 Å². The number of alkyl halides is 3. The molecule has 0 atom stereocenters. The van der Waals surface area contributed by atoms with Gasteiger partial charge < -0.3 is 16.0 Å². The van der Waals surface area contributed by atoms with Gasteiger partial charge in [0.2, 0.25) is 5.91 Å². The van der Waals surface area contributed by atoms with E-state index in [4.69, 9.17) is 0 Å². The lowest BCUT2D eigenvalue weighted by Crippen LogP contribution is -2.45. The molecule has 1 aliphatic carbocycles. The Hall–Kier alpha value is -2.87. The van der Waals surface area contributed by atoms with Crippen LogP contribution in [0, 0.1) is 5.92 Å². The number of benzene rings is 1. The standard InChI is InChI=1S/C25H29F3N4O/c1-16(25(26,27)28)22-19-6-3-7-21(32-24(2)10-13-29-14-11-24)20(19)15-18(31-22)5-4-12-30-23(33)17-8-9-17/h3-7,15,17,29,32H,1,8-14H2,2H3,(H,30,33)/b5-4+. The van der Waals surface area contributed by atoms with Gasteiger partial charge in [0, 0.05) is 34.5 Å². The molecule has 1 amide bonds. The monoisotopic (exact) mass is 458 g/mol. The van der Waals surface area contributed by atoms with Gasteiger partial charge in [0.15, 0.2) is 0 Å². The molecule has 0 bridgehead atoms.